The normalized spacial score (nSPS) is 15.7. The predicted molar refractivity (Wildman–Crippen MR) is 98.0 cm³/mol. The van der Waals surface area contributed by atoms with Gasteiger partial charge in [0.05, 0.1) is 30.3 Å². The largest absolute Gasteiger partial charge is 0.378 e. The molecule has 0 atom stereocenters. The lowest BCUT2D eigenvalue weighted by molar-refractivity contribution is -0.113. The first-order valence-electron chi connectivity index (χ1n) is 7.41. The zero-order valence-electron chi connectivity index (χ0n) is 13.3. The average Bonchev–Trinajstić information content (AvgIpc) is 2.45. The molecule has 1 amide bonds. The van der Waals surface area contributed by atoms with Crippen LogP contribution in [0.2, 0.25) is 0 Å². The monoisotopic (exact) mass is 386 g/mol. The van der Waals surface area contributed by atoms with Crippen LogP contribution in [0.1, 0.15) is 20.8 Å². The van der Waals surface area contributed by atoms with Crippen molar-refractivity contribution in [3.8, 4) is 0 Å². The van der Waals surface area contributed by atoms with Gasteiger partial charge in [-0.1, -0.05) is 36.7 Å². The lowest BCUT2D eigenvalue weighted by Gasteiger charge is -2.30. The third kappa shape index (κ3) is 5.48. The number of rotatable bonds is 4. The van der Waals surface area contributed by atoms with Crippen molar-refractivity contribution in [1.82, 2.24) is 0 Å². The van der Waals surface area contributed by atoms with Crippen LogP contribution in [-0.4, -0.2) is 42.7 Å². The van der Waals surface area contributed by atoms with Crippen molar-refractivity contribution < 1.29 is 9.53 Å². The molecular formula is C16H23BrN2O2S. The fourth-order valence-electron chi connectivity index (χ4n) is 2.16. The number of carbonyl (C=O) groups excluding carboxylic acids is 1. The maximum Gasteiger partial charge on any atom is 0.234 e. The van der Waals surface area contributed by atoms with Crippen LogP contribution in [0, 0.1) is 0 Å². The van der Waals surface area contributed by atoms with Crippen molar-refractivity contribution in [3.63, 3.8) is 0 Å². The van der Waals surface area contributed by atoms with E-state index in [-0.39, 0.29) is 10.7 Å². The summed E-state index contributed by atoms with van der Waals surface area (Å²) >= 11 is 5.13. The van der Waals surface area contributed by atoms with Gasteiger partial charge in [0.15, 0.2) is 0 Å². The van der Waals surface area contributed by atoms with E-state index in [0.717, 1.165) is 42.2 Å². The van der Waals surface area contributed by atoms with E-state index >= 15 is 0 Å². The second kappa shape index (κ2) is 7.70. The van der Waals surface area contributed by atoms with Gasteiger partial charge in [-0.25, -0.2) is 0 Å². The van der Waals surface area contributed by atoms with E-state index in [1.54, 1.807) is 11.8 Å². The number of ether oxygens (including phenoxy) is 1. The molecule has 1 aliphatic heterocycles. The molecule has 0 unspecified atom stereocenters. The maximum absolute atomic E-state index is 12.2. The van der Waals surface area contributed by atoms with Gasteiger partial charge in [-0.3, -0.25) is 4.79 Å². The van der Waals surface area contributed by atoms with Gasteiger partial charge in [0.2, 0.25) is 5.91 Å². The number of benzene rings is 1. The van der Waals surface area contributed by atoms with Crippen molar-refractivity contribution >= 4 is 45.0 Å². The van der Waals surface area contributed by atoms with Crippen LogP contribution in [0.4, 0.5) is 11.4 Å². The molecule has 1 saturated heterocycles. The molecule has 1 aromatic rings. The molecule has 0 aromatic heterocycles. The van der Waals surface area contributed by atoms with Crippen molar-refractivity contribution in [2.24, 2.45) is 0 Å². The van der Waals surface area contributed by atoms with E-state index in [1.165, 1.54) is 0 Å². The van der Waals surface area contributed by atoms with Crippen molar-refractivity contribution in [2.75, 3.05) is 42.3 Å². The maximum atomic E-state index is 12.2. The number of thioether (sulfide) groups is 1. The van der Waals surface area contributed by atoms with Crippen LogP contribution in [-0.2, 0) is 9.53 Å². The van der Waals surface area contributed by atoms with E-state index in [1.807, 2.05) is 18.2 Å². The number of hydrogen-bond donors (Lipinski definition) is 1. The summed E-state index contributed by atoms with van der Waals surface area (Å²) in [5.41, 5.74) is 1.91. The van der Waals surface area contributed by atoms with Crippen LogP contribution in [0.5, 0.6) is 0 Å². The molecule has 6 heteroatoms. The van der Waals surface area contributed by atoms with Gasteiger partial charge < -0.3 is 15.0 Å². The fourth-order valence-corrected chi connectivity index (χ4v) is 3.15. The molecule has 122 valence electrons. The quantitative estimate of drug-likeness (QED) is 0.855. The van der Waals surface area contributed by atoms with Gasteiger partial charge in [0, 0.05) is 22.3 Å². The zero-order chi connectivity index (χ0) is 16.2. The van der Waals surface area contributed by atoms with Crippen LogP contribution in [0.3, 0.4) is 0 Å². The zero-order valence-corrected chi connectivity index (χ0v) is 15.7. The van der Waals surface area contributed by atoms with E-state index in [9.17, 15) is 4.79 Å². The molecule has 0 saturated carbocycles. The Balaban J connectivity index is 2.08. The van der Waals surface area contributed by atoms with Gasteiger partial charge in [0.1, 0.15) is 0 Å². The number of hydrogen-bond acceptors (Lipinski definition) is 4. The number of carbonyl (C=O) groups is 1. The van der Waals surface area contributed by atoms with Crippen LogP contribution >= 0.6 is 27.7 Å². The van der Waals surface area contributed by atoms with Crippen LogP contribution < -0.4 is 10.2 Å². The minimum absolute atomic E-state index is 0.0348. The van der Waals surface area contributed by atoms with Gasteiger partial charge >= 0.3 is 0 Å². The molecule has 1 heterocycles. The fraction of sp³-hybridized carbons (Fsp3) is 0.562. The summed E-state index contributed by atoms with van der Waals surface area (Å²) < 4.78 is 6.45. The Hall–Kier alpha value is -0.720. The first kappa shape index (κ1) is 17.6. The van der Waals surface area contributed by atoms with Crippen molar-refractivity contribution in [2.45, 2.75) is 25.5 Å². The third-order valence-electron chi connectivity index (χ3n) is 3.22. The number of morpholine rings is 1. The molecule has 2 rings (SSSR count). The summed E-state index contributed by atoms with van der Waals surface area (Å²) in [5.74, 6) is 0.492. The molecule has 1 fully saturated rings. The topological polar surface area (TPSA) is 41.6 Å². The lowest BCUT2D eigenvalue weighted by atomic mass is 10.2. The summed E-state index contributed by atoms with van der Waals surface area (Å²) in [6.07, 6.45) is 0. The molecule has 0 spiro atoms. The first-order chi connectivity index (χ1) is 10.3. The Morgan fingerprint density at radius 2 is 2.05 bits per heavy atom. The first-order valence-corrected chi connectivity index (χ1v) is 9.19. The lowest BCUT2D eigenvalue weighted by Crippen LogP contribution is -2.36. The number of halogens is 1. The Bertz CT molecular complexity index is 525. The molecule has 0 radical (unpaired) electrons. The summed E-state index contributed by atoms with van der Waals surface area (Å²) in [6, 6.07) is 6.01. The van der Waals surface area contributed by atoms with E-state index in [4.69, 9.17) is 4.74 Å². The molecule has 1 N–H and O–H groups in total. The smallest absolute Gasteiger partial charge is 0.234 e. The number of amides is 1. The molecule has 22 heavy (non-hydrogen) atoms. The van der Waals surface area contributed by atoms with Gasteiger partial charge in [0.25, 0.3) is 0 Å². The molecular weight excluding hydrogens is 364 g/mol. The molecule has 4 nitrogen and oxygen atoms in total. The second-order valence-electron chi connectivity index (χ2n) is 6.21. The standard InChI is InChI=1S/C16H23BrN2O2S/c1-16(2,3)22-11-15(20)18-13-10-12(17)4-5-14(13)19-6-8-21-9-7-19/h4-5,10H,6-9,11H2,1-3H3,(H,18,20). The Morgan fingerprint density at radius 1 is 1.36 bits per heavy atom. The highest BCUT2D eigenvalue weighted by Crippen LogP contribution is 2.30. The van der Waals surface area contributed by atoms with Crippen molar-refractivity contribution in [1.29, 1.82) is 0 Å². The van der Waals surface area contributed by atoms with Crippen molar-refractivity contribution in [3.05, 3.63) is 22.7 Å². The minimum atomic E-state index is 0.0348. The highest BCUT2D eigenvalue weighted by atomic mass is 79.9. The van der Waals surface area contributed by atoms with E-state index < -0.39 is 0 Å². The second-order valence-corrected chi connectivity index (χ2v) is 8.93. The SMILES string of the molecule is CC(C)(C)SCC(=O)Nc1cc(Br)ccc1N1CCOCC1. The molecule has 0 aliphatic carbocycles. The highest BCUT2D eigenvalue weighted by Gasteiger charge is 2.18. The van der Waals surface area contributed by atoms with Crippen LogP contribution in [0.15, 0.2) is 22.7 Å². The molecule has 1 aromatic carbocycles. The number of nitrogens with zero attached hydrogens (tertiary/aromatic N) is 1. The Morgan fingerprint density at radius 3 is 2.68 bits per heavy atom. The summed E-state index contributed by atoms with van der Waals surface area (Å²) in [6.45, 7) is 9.49. The predicted octanol–water partition coefficient (Wildman–Crippen LogP) is 3.76. The Kier molecular flexibility index (Phi) is 6.17. The number of nitrogens with one attached hydrogen (secondary N) is 1. The average molecular weight is 387 g/mol. The van der Waals surface area contributed by atoms with E-state index in [0.29, 0.717) is 5.75 Å². The van der Waals surface area contributed by atoms with Crippen LogP contribution in [0.25, 0.3) is 0 Å². The van der Waals surface area contributed by atoms with Gasteiger partial charge in [-0.15, -0.1) is 11.8 Å². The molecule has 1 aliphatic rings. The van der Waals surface area contributed by atoms with E-state index in [2.05, 4.69) is 46.9 Å². The Labute approximate surface area is 145 Å². The van der Waals surface area contributed by atoms with Gasteiger partial charge in [-0.2, -0.15) is 0 Å². The van der Waals surface area contributed by atoms with Gasteiger partial charge in [-0.05, 0) is 18.2 Å². The summed E-state index contributed by atoms with van der Waals surface area (Å²) in [7, 11) is 0. The minimum Gasteiger partial charge on any atom is -0.378 e. The number of anilines is 2. The molecule has 0 bridgehead atoms. The summed E-state index contributed by atoms with van der Waals surface area (Å²) in [5, 5.41) is 3.05. The highest BCUT2D eigenvalue weighted by molar-refractivity contribution is 9.10. The summed E-state index contributed by atoms with van der Waals surface area (Å²) in [4.78, 5) is 14.5. The third-order valence-corrected chi connectivity index (χ3v) is 4.99.